The lowest BCUT2D eigenvalue weighted by atomic mass is 10.1. The van der Waals surface area contributed by atoms with Crippen molar-refractivity contribution >= 4 is 33.4 Å². The highest BCUT2D eigenvalue weighted by Crippen LogP contribution is 2.27. The molecule has 0 unspecified atom stereocenters. The summed E-state index contributed by atoms with van der Waals surface area (Å²) in [4.78, 5) is 4.28. The Morgan fingerprint density at radius 3 is 2.93 bits per heavy atom. The summed E-state index contributed by atoms with van der Waals surface area (Å²) in [5, 5.41) is 9.33. The molecule has 1 N–H and O–H groups in total. The van der Waals surface area contributed by atoms with E-state index < -0.39 is 0 Å². The van der Waals surface area contributed by atoms with Crippen molar-refractivity contribution in [3.05, 3.63) is 35.6 Å². The first kappa shape index (κ1) is 7.76. The summed E-state index contributed by atoms with van der Waals surface area (Å²) in [6, 6.07) is 7.87. The Morgan fingerprint density at radius 1 is 1.14 bits per heavy atom. The van der Waals surface area contributed by atoms with Crippen molar-refractivity contribution in [2.45, 2.75) is 0 Å². The van der Waals surface area contributed by atoms with E-state index in [-0.39, 0.29) is 0 Å². The van der Waals surface area contributed by atoms with Gasteiger partial charge >= 0.3 is 0 Å². The molecule has 0 radical (unpaired) electrons. The van der Waals surface area contributed by atoms with Gasteiger partial charge in [-0.1, -0.05) is 29.8 Å². The van der Waals surface area contributed by atoms with Gasteiger partial charge in [0, 0.05) is 10.8 Å². The van der Waals surface area contributed by atoms with Crippen LogP contribution in [0.2, 0.25) is 5.15 Å². The molecule has 1 aromatic carbocycles. The van der Waals surface area contributed by atoms with E-state index >= 15 is 0 Å². The van der Waals surface area contributed by atoms with Crippen LogP contribution in [0.25, 0.3) is 21.8 Å². The van der Waals surface area contributed by atoms with Crippen LogP contribution in [-0.4, -0.2) is 15.2 Å². The normalized spacial score (nSPS) is 11.2. The molecule has 2 heterocycles. The molecule has 0 atom stereocenters. The van der Waals surface area contributed by atoms with Gasteiger partial charge in [-0.3, -0.25) is 10.1 Å². The number of para-hydroxylation sites is 1. The third-order valence-electron chi connectivity index (χ3n) is 2.25. The van der Waals surface area contributed by atoms with E-state index in [1.54, 1.807) is 6.20 Å². The third kappa shape index (κ3) is 0.930. The van der Waals surface area contributed by atoms with Gasteiger partial charge in [-0.05, 0) is 6.07 Å². The van der Waals surface area contributed by atoms with Crippen molar-refractivity contribution in [3.63, 3.8) is 0 Å². The van der Waals surface area contributed by atoms with Gasteiger partial charge in [-0.15, -0.1) is 0 Å². The maximum Gasteiger partial charge on any atom is 0.132 e. The van der Waals surface area contributed by atoms with Gasteiger partial charge in [0.2, 0.25) is 0 Å². The molecular formula is C10H6ClN3. The van der Waals surface area contributed by atoms with Crippen molar-refractivity contribution in [1.82, 2.24) is 15.2 Å². The van der Waals surface area contributed by atoms with Crippen LogP contribution in [0.15, 0.2) is 30.5 Å². The number of pyridine rings is 1. The van der Waals surface area contributed by atoms with Gasteiger partial charge in [0.05, 0.1) is 11.7 Å². The number of aromatic nitrogens is 3. The smallest absolute Gasteiger partial charge is 0.132 e. The summed E-state index contributed by atoms with van der Waals surface area (Å²) in [6.07, 6.45) is 1.72. The van der Waals surface area contributed by atoms with Crippen LogP contribution in [0.4, 0.5) is 0 Å². The number of aromatic amines is 1. The SMILES string of the molecule is Clc1[nH]nc2cnc3ccccc3c12. The predicted molar refractivity (Wildman–Crippen MR) is 56.4 cm³/mol. The molecule has 0 aliphatic carbocycles. The second-order valence-electron chi connectivity index (χ2n) is 3.07. The number of nitrogens with zero attached hydrogens (tertiary/aromatic N) is 2. The van der Waals surface area contributed by atoms with Crippen LogP contribution in [0.3, 0.4) is 0 Å². The first-order valence-corrected chi connectivity index (χ1v) is 4.61. The fourth-order valence-electron chi connectivity index (χ4n) is 1.61. The van der Waals surface area contributed by atoms with Gasteiger partial charge in [-0.2, -0.15) is 5.10 Å². The number of halogens is 1. The molecule has 0 aliphatic rings. The first-order chi connectivity index (χ1) is 6.86. The van der Waals surface area contributed by atoms with E-state index in [1.165, 1.54) is 0 Å². The Kier molecular flexibility index (Phi) is 1.49. The first-order valence-electron chi connectivity index (χ1n) is 4.23. The Morgan fingerprint density at radius 2 is 2.00 bits per heavy atom. The Hall–Kier alpha value is -1.61. The van der Waals surface area contributed by atoms with Crippen LogP contribution in [-0.2, 0) is 0 Å². The topological polar surface area (TPSA) is 41.6 Å². The minimum atomic E-state index is 0.568. The Balaban J connectivity index is 2.65. The second-order valence-corrected chi connectivity index (χ2v) is 3.45. The Labute approximate surface area is 84.7 Å². The lowest BCUT2D eigenvalue weighted by Gasteiger charge is -1.96. The molecular weight excluding hydrogens is 198 g/mol. The van der Waals surface area contributed by atoms with Crippen LogP contribution in [0.5, 0.6) is 0 Å². The summed E-state index contributed by atoms with van der Waals surface area (Å²) >= 11 is 6.01. The van der Waals surface area contributed by atoms with Crippen molar-refractivity contribution in [2.75, 3.05) is 0 Å². The predicted octanol–water partition coefficient (Wildman–Crippen LogP) is 2.76. The van der Waals surface area contributed by atoms with Crippen molar-refractivity contribution < 1.29 is 0 Å². The molecule has 0 aliphatic heterocycles. The molecule has 3 rings (SSSR count). The minimum absolute atomic E-state index is 0.568. The average Bonchev–Trinajstić information content (AvgIpc) is 2.61. The van der Waals surface area contributed by atoms with Crippen LogP contribution in [0, 0.1) is 0 Å². The van der Waals surface area contributed by atoms with Crippen LogP contribution >= 0.6 is 11.6 Å². The number of hydrogen-bond acceptors (Lipinski definition) is 2. The van der Waals surface area contributed by atoms with E-state index in [4.69, 9.17) is 11.6 Å². The van der Waals surface area contributed by atoms with E-state index in [0.29, 0.717) is 5.15 Å². The number of fused-ring (bicyclic) bond motifs is 3. The lowest BCUT2D eigenvalue weighted by Crippen LogP contribution is -1.78. The van der Waals surface area contributed by atoms with E-state index in [9.17, 15) is 0 Å². The standard InChI is InChI=1S/C10H6ClN3/c11-10-9-6-3-1-2-4-7(6)12-5-8(9)13-14-10/h1-5H,(H,13,14). The largest absolute Gasteiger partial charge is 0.266 e. The minimum Gasteiger partial charge on any atom is -0.266 e. The summed E-state index contributed by atoms with van der Waals surface area (Å²) in [6.45, 7) is 0. The van der Waals surface area contributed by atoms with Crippen LogP contribution < -0.4 is 0 Å². The maximum atomic E-state index is 6.01. The highest BCUT2D eigenvalue weighted by atomic mass is 35.5. The molecule has 3 aromatic rings. The second kappa shape index (κ2) is 2.69. The number of benzene rings is 1. The van der Waals surface area contributed by atoms with Crippen molar-refractivity contribution in [3.8, 4) is 0 Å². The molecule has 0 saturated heterocycles. The quantitative estimate of drug-likeness (QED) is 0.611. The highest BCUT2D eigenvalue weighted by Gasteiger charge is 2.07. The van der Waals surface area contributed by atoms with Gasteiger partial charge < -0.3 is 0 Å². The van der Waals surface area contributed by atoms with Gasteiger partial charge in [0.1, 0.15) is 10.7 Å². The fraction of sp³-hybridized carbons (Fsp3) is 0. The number of rotatable bonds is 0. The van der Waals surface area contributed by atoms with Gasteiger partial charge in [0.15, 0.2) is 0 Å². The zero-order chi connectivity index (χ0) is 9.54. The average molecular weight is 204 g/mol. The van der Waals surface area contributed by atoms with E-state index in [2.05, 4.69) is 15.2 Å². The molecule has 2 aromatic heterocycles. The third-order valence-corrected chi connectivity index (χ3v) is 2.52. The zero-order valence-corrected chi connectivity index (χ0v) is 7.92. The molecule has 0 saturated carbocycles. The number of hydrogen-bond donors (Lipinski definition) is 1. The fourth-order valence-corrected chi connectivity index (χ4v) is 1.85. The Bertz CT molecular complexity index is 615. The highest BCUT2D eigenvalue weighted by molar-refractivity contribution is 6.36. The van der Waals surface area contributed by atoms with E-state index in [1.807, 2.05) is 24.3 Å². The molecule has 4 heteroatoms. The van der Waals surface area contributed by atoms with Crippen molar-refractivity contribution in [2.24, 2.45) is 0 Å². The summed E-state index contributed by atoms with van der Waals surface area (Å²) in [5.74, 6) is 0. The lowest BCUT2D eigenvalue weighted by molar-refractivity contribution is 1.12. The summed E-state index contributed by atoms with van der Waals surface area (Å²) in [7, 11) is 0. The summed E-state index contributed by atoms with van der Waals surface area (Å²) < 4.78 is 0. The number of nitrogens with one attached hydrogen (secondary N) is 1. The molecule has 0 amide bonds. The molecule has 68 valence electrons. The molecule has 0 bridgehead atoms. The summed E-state index contributed by atoms with van der Waals surface area (Å²) in [5.41, 5.74) is 1.73. The zero-order valence-electron chi connectivity index (χ0n) is 7.16. The van der Waals surface area contributed by atoms with Crippen molar-refractivity contribution in [1.29, 1.82) is 0 Å². The van der Waals surface area contributed by atoms with Gasteiger partial charge in [0.25, 0.3) is 0 Å². The molecule has 0 spiro atoms. The van der Waals surface area contributed by atoms with E-state index in [0.717, 1.165) is 21.8 Å². The number of H-pyrrole nitrogens is 1. The molecule has 14 heavy (non-hydrogen) atoms. The van der Waals surface area contributed by atoms with Crippen LogP contribution in [0.1, 0.15) is 0 Å². The molecule has 0 fully saturated rings. The maximum absolute atomic E-state index is 6.01. The monoisotopic (exact) mass is 203 g/mol. The van der Waals surface area contributed by atoms with Gasteiger partial charge in [-0.25, -0.2) is 0 Å². The molecule has 3 nitrogen and oxygen atoms in total.